The first-order valence-electron chi connectivity index (χ1n) is 6.67. The number of hydrogen-bond acceptors (Lipinski definition) is 1. The Hall–Kier alpha value is -0.990. The highest BCUT2D eigenvalue weighted by Gasteiger charge is 2.22. The maximum Gasteiger partial charge on any atom is 0.0672 e. The maximum absolute atomic E-state index is 6.35. The van der Waals surface area contributed by atoms with Crippen LogP contribution in [0.1, 0.15) is 36.6 Å². The Morgan fingerprint density at radius 1 is 1.33 bits per heavy atom. The van der Waals surface area contributed by atoms with E-state index >= 15 is 0 Å². The molecule has 1 N–H and O–H groups in total. The Kier molecular flexibility index (Phi) is 3.08. The Balaban J connectivity index is 2.22. The fourth-order valence-corrected chi connectivity index (χ4v) is 3.46. The molecule has 0 amide bonds. The predicted octanol–water partition coefficient (Wildman–Crippen LogP) is 3.95. The normalized spacial score (nSPS) is 20.5. The molecule has 0 aliphatic carbocycles. The van der Waals surface area contributed by atoms with Crippen LogP contribution in [-0.4, -0.2) is 11.1 Å². The minimum atomic E-state index is 0.487. The number of rotatable bonds is 1. The van der Waals surface area contributed by atoms with Crippen LogP contribution >= 0.6 is 11.6 Å². The Labute approximate surface area is 113 Å². The summed E-state index contributed by atoms with van der Waals surface area (Å²) in [5, 5.41) is 5.80. The molecule has 2 heterocycles. The van der Waals surface area contributed by atoms with E-state index in [0.29, 0.717) is 6.04 Å². The quantitative estimate of drug-likeness (QED) is 0.823. The van der Waals surface area contributed by atoms with E-state index in [1.54, 1.807) is 0 Å². The molecule has 1 atom stereocenters. The highest BCUT2D eigenvalue weighted by Crippen LogP contribution is 2.36. The van der Waals surface area contributed by atoms with E-state index < -0.39 is 0 Å². The highest BCUT2D eigenvalue weighted by atomic mass is 35.5. The van der Waals surface area contributed by atoms with Gasteiger partial charge in [0.15, 0.2) is 0 Å². The van der Waals surface area contributed by atoms with Crippen LogP contribution in [0.15, 0.2) is 18.2 Å². The third-order valence-electron chi connectivity index (χ3n) is 4.16. The number of aromatic nitrogens is 1. The third-order valence-corrected chi connectivity index (χ3v) is 4.47. The van der Waals surface area contributed by atoms with Crippen molar-refractivity contribution in [2.75, 3.05) is 6.54 Å². The predicted molar refractivity (Wildman–Crippen MR) is 77.3 cm³/mol. The third kappa shape index (κ3) is 1.75. The van der Waals surface area contributed by atoms with E-state index in [1.807, 2.05) is 6.07 Å². The number of para-hydroxylation sites is 1. The molecule has 0 saturated carbocycles. The van der Waals surface area contributed by atoms with Gasteiger partial charge in [-0.15, -0.1) is 0 Å². The molecule has 1 saturated heterocycles. The van der Waals surface area contributed by atoms with Crippen molar-refractivity contribution >= 4 is 22.5 Å². The minimum Gasteiger partial charge on any atom is -0.346 e. The highest BCUT2D eigenvalue weighted by molar-refractivity contribution is 6.35. The van der Waals surface area contributed by atoms with Crippen LogP contribution in [0.4, 0.5) is 0 Å². The number of benzene rings is 1. The molecule has 1 aromatic heterocycles. The van der Waals surface area contributed by atoms with E-state index in [0.717, 1.165) is 11.6 Å². The van der Waals surface area contributed by atoms with E-state index in [4.69, 9.17) is 11.6 Å². The average Bonchev–Trinajstić information content (AvgIpc) is 2.64. The minimum absolute atomic E-state index is 0.487. The van der Waals surface area contributed by atoms with Gasteiger partial charge in [0, 0.05) is 24.2 Å². The van der Waals surface area contributed by atoms with Gasteiger partial charge in [-0.1, -0.05) is 30.2 Å². The molecule has 1 fully saturated rings. The Morgan fingerprint density at radius 3 is 2.89 bits per heavy atom. The van der Waals surface area contributed by atoms with E-state index in [1.165, 1.54) is 41.4 Å². The molecule has 18 heavy (non-hydrogen) atoms. The maximum atomic E-state index is 6.35. The molecule has 1 aliphatic heterocycles. The molecule has 2 nitrogen and oxygen atoms in total. The summed E-state index contributed by atoms with van der Waals surface area (Å²) in [4.78, 5) is 0. The van der Waals surface area contributed by atoms with Crippen LogP contribution in [0, 0.1) is 6.92 Å². The average molecular weight is 263 g/mol. The molecular weight excluding hydrogens is 244 g/mol. The summed E-state index contributed by atoms with van der Waals surface area (Å²) in [5.74, 6) is 0. The molecule has 0 bridgehead atoms. The van der Waals surface area contributed by atoms with E-state index in [-0.39, 0.29) is 0 Å². The lowest BCUT2D eigenvalue weighted by molar-refractivity contribution is 0.412. The first-order valence-corrected chi connectivity index (χ1v) is 7.04. The summed E-state index contributed by atoms with van der Waals surface area (Å²) < 4.78 is 2.23. The topological polar surface area (TPSA) is 17.0 Å². The lowest BCUT2D eigenvalue weighted by Crippen LogP contribution is -2.27. The van der Waals surface area contributed by atoms with Crippen molar-refractivity contribution < 1.29 is 0 Å². The molecule has 1 aromatic carbocycles. The number of nitrogens with zero attached hydrogens (tertiary/aromatic N) is 1. The van der Waals surface area contributed by atoms with Crippen molar-refractivity contribution in [2.45, 2.75) is 32.2 Å². The van der Waals surface area contributed by atoms with Gasteiger partial charge in [0.25, 0.3) is 0 Å². The molecule has 3 heteroatoms. The number of halogens is 1. The summed E-state index contributed by atoms with van der Waals surface area (Å²) in [6.45, 7) is 3.32. The van der Waals surface area contributed by atoms with Crippen LogP contribution in [0.3, 0.4) is 0 Å². The number of piperidine rings is 1. The van der Waals surface area contributed by atoms with Crippen LogP contribution in [0.5, 0.6) is 0 Å². The molecule has 0 spiro atoms. The summed E-state index contributed by atoms with van der Waals surface area (Å²) >= 11 is 6.35. The second kappa shape index (κ2) is 4.60. The lowest BCUT2D eigenvalue weighted by Gasteiger charge is -2.24. The number of hydrogen-bond donors (Lipinski definition) is 1. The zero-order valence-corrected chi connectivity index (χ0v) is 11.7. The monoisotopic (exact) mass is 262 g/mol. The van der Waals surface area contributed by atoms with Gasteiger partial charge in [-0.25, -0.2) is 0 Å². The van der Waals surface area contributed by atoms with Gasteiger partial charge in [0.2, 0.25) is 0 Å². The fraction of sp³-hybridized carbons (Fsp3) is 0.467. The first-order chi connectivity index (χ1) is 8.70. The summed E-state index contributed by atoms with van der Waals surface area (Å²) in [7, 11) is 2.11. The largest absolute Gasteiger partial charge is 0.346 e. The van der Waals surface area contributed by atoms with Crippen molar-refractivity contribution in [1.82, 2.24) is 9.88 Å². The van der Waals surface area contributed by atoms with Crippen molar-refractivity contribution in [2.24, 2.45) is 7.05 Å². The van der Waals surface area contributed by atoms with Gasteiger partial charge in [-0.3, -0.25) is 0 Å². The van der Waals surface area contributed by atoms with Crippen LogP contribution in [-0.2, 0) is 7.05 Å². The van der Waals surface area contributed by atoms with Crippen molar-refractivity contribution in [1.29, 1.82) is 0 Å². The van der Waals surface area contributed by atoms with Gasteiger partial charge in [-0.2, -0.15) is 0 Å². The molecule has 0 radical (unpaired) electrons. The summed E-state index contributed by atoms with van der Waals surface area (Å²) in [6, 6.07) is 6.71. The van der Waals surface area contributed by atoms with E-state index in [9.17, 15) is 0 Å². The lowest BCUT2D eigenvalue weighted by atomic mass is 9.95. The molecule has 96 valence electrons. The van der Waals surface area contributed by atoms with Crippen LogP contribution in [0.2, 0.25) is 5.02 Å². The summed E-state index contributed by atoms with van der Waals surface area (Å²) in [5.41, 5.74) is 3.94. The standard InChI is InChI=1S/C15H19ClN2/c1-10-14(13-8-3-4-9-17-13)11-6-5-7-12(16)15(11)18(10)2/h5-7,13,17H,3-4,8-9H2,1-2H3. The van der Waals surface area contributed by atoms with Crippen molar-refractivity contribution in [3.63, 3.8) is 0 Å². The molecule has 2 aromatic rings. The SMILES string of the molecule is Cc1c(C2CCCCN2)c2cccc(Cl)c2n1C. The van der Waals surface area contributed by atoms with Crippen molar-refractivity contribution in [3.8, 4) is 0 Å². The second-order valence-electron chi connectivity index (χ2n) is 5.20. The van der Waals surface area contributed by atoms with Gasteiger partial charge in [-0.05, 0) is 37.9 Å². The molecular formula is C15H19ClN2. The number of nitrogens with one attached hydrogen (secondary N) is 1. The zero-order chi connectivity index (χ0) is 12.7. The summed E-state index contributed by atoms with van der Waals surface area (Å²) in [6.07, 6.45) is 3.83. The molecule has 1 aliphatic rings. The number of aryl methyl sites for hydroxylation is 1. The van der Waals surface area contributed by atoms with E-state index in [2.05, 4.69) is 36.0 Å². The molecule has 3 rings (SSSR count). The van der Waals surface area contributed by atoms with Gasteiger partial charge in [0.1, 0.15) is 0 Å². The first kappa shape index (κ1) is 12.1. The zero-order valence-electron chi connectivity index (χ0n) is 11.0. The van der Waals surface area contributed by atoms with Crippen LogP contribution in [0.25, 0.3) is 10.9 Å². The number of fused-ring (bicyclic) bond motifs is 1. The second-order valence-corrected chi connectivity index (χ2v) is 5.60. The molecule has 1 unspecified atom stereocenters. The van der Waals surface area contributed by atoms with Crippen molar-refractivity contribution in [3.05, 3.63) is 34.5 Å². The Morgan fingerprint density at radius 2 is 2.17 bits per heavy atom. The Bertz CT molecular complexity index is 580. The van der Waals surface area contributed by atoms with Gasteiger partial charge >= 0.3 is 0 Å². The smallest absolute Gasteiger partial charge is 0.0672 e. The van der Waals surface area contributed by atoms with Crippen LogP contribution < -0.4 is 5.32 Å². The van der Waals surface area contributed by atoms with Gasteiger partial charge < -0.3 is 9.88 Å². The van der Waals surface area contributed by atoms with Gasteiger partial charge in [0.05, 0.1) is 10.5 Å². The fourth-order valence-electron chi connectivity index (χ4n) is 3.15.